The molecular weight excluding hydrogens is 266 g/mol. The molecule has 1 aromatic carbocycles. The second-order valence-corrected chi connectivity index (χ2v) is 5.60. The molecule has 2 rings (SSSR count). The van der Waals surface area contributed by atoms with Crippen LogP contribution in [0.25, 0.3) is 0 Å². The van der Waals surface area contributed by atoms with Crippen molar-refractivity contribution in [2.75, 3.05) is 6.54 Å². The van der Waals surface area contributed by atoms with Gasteiger partial charge in [0, 0.05) is 16.4 Å². The number of benzene rings is 1. The molecule has 4 heteroatoms. The van der Waals surface area contributed by atoms with Crippen molar-refractivity contribution in [2.45, 2.75) is 20.0 Å². The van der Waals surface area contributed by atoms with Crippen LogP contribution in [-0.4, -0.2) is 6.54 Å². The zero-order valence-electron chi connectivity index (χ0n) is 10.4. The molecule has 0 amide bonds. The summed E-state index contributed by atoms with van der Waals surface area (Å²) in [6, 6.07) is 7.73. The van der Waals surface area contributed by atoms with E-state index >= 15 is 0 Å². The standard InChI is InChI=1S/C14H16ClNOS/c1-9-3-4-11(15)7-12(9)17-13(8-16)14-10(2)5-6-18-14/h3-7,13H,8,16H2,1-2H3. The van der Waals surface area contributed by atoms with E-state index in [1.165, 1.54) is 10.4 Å². The molecule has 0 aliphatic heterocycles. The van der Waals surface area contributed by atoms with E-state index in [1.807, 2.05) is 25.1 Å². The fourth-order valence-corrected chi connectivity index (χ4v) is 2.91. The minimum Gasteiger partial charge on any atom is -0.483 e. The largest absolute Gasteiger partial charge is 0.483 e. The van der Waals surface area contributed by atoms with Gasteiger partial charge in [-0.2, -0.15) is 0 Å². The highest BCUT2D eigenvalue weighted by atomic mass is 35.5. The van der Waals surface area contributed by atoms with Crippen molar-refractivity contribution >= 4 is 22.9 Å². The molecule has 0 spiro atoms. The lowest BCUT2D eigenvalue weighted by Gasteiger charge is -2.18. The molecule has 96 valence electrons. The van der Waals surface area contributed by atoms with Gasteiger partial charge in [0.2, 0.25) is 0 Å². The van der Waals surface area contributed by atoms with Gasteiger partial charge < -0.3 is 10.5 Å². The van der Waals surface area contributed by atoms with Crippen molar-refractivity contribution < 1.29 is 4.74 Å². The second kappa shape index (κ2) is 5.74. The van der Waals surface area contributed by atoms with Crippen LogP contribution in [0.4, 0.5) is 0 Å². The first-order valence-electron chi connectivity index (χ1n) is 5.78. The monoisotopic (exact) mass is 281 g/mol. The average Bonchev–Trinajstić information content (AvgIpc) is 2.77. The Labute approximate surface area is 116 Å². The highest BCUT2D eigenvalue weighted by Gasteiger charge is 2.16. The first-order chi connectivity index (χ1) is 8.61. The SMILES string of the molecule is Cc1ccc(Cl)cc1OC(CN)c1sccc1C. The smallest absolute Gasteiger partial charge is 0.145 e. The molecule has 0 saturated heterocycles. The average molecular weight is 282 g/mol. The Hall–Kier alpha value is -1.03. The molecule has 0 radical (unpaired) electrons. The fraction of sp³-hybridized carbons (Fsp3) is 0.286. The van der Waals surface area contributed by atoms with Crippen molar-refractivity contribution in [1.29, 1.82) is 0 Å². The summed E-state index contributed by atoms with van der Waals surface area (Å²) in [5.74, 6) is 0.797. The lowest BCUT2D eigenvalue weighted by molar-refractivity contribution is 0.216. The Morgan fingerprint density at radius 3 is 2.67 bits per heavy atom. The van der Waals surface area contributed by atoms with Gasteiger partial charge in [-0.15, -0.1) is 11.3 Å². The molecule has 18 heavy (non-hydrogen) atoms. The number of rotatable bonds is 4. The summed E-state index contributed by atoms with van der Waals surface area (Å²) in [7, 11) is 0. The topological polar surface area (TPSA) is 35.2 Å². The highest BCUT2D eigenvalue weighted by Crippen LogP contribution is 2.31. The minimum atomic E-state index is -0.109. The molecule has 0 aliphatic carbocycles. The lowest BCUT2D eigenvalue weighted by atomic mass is 10.2. The number of ether oxygens (including phenoxy) is 1. The van der Waals surface area contributed by atoms with Crippen molar-refractivity contribution in [3.8, 4) is 5.75 Å². The zero-order chi connectivity index (χ0) is 13.1. The van der Waals surface area contributed by atoms with Gasteiger partial charge in [-0.05, 0) is 48.6 Å². The van der Waals surface area contributed by atoms with E-state index in [4.69, 9.17) is 22.1 Å². The summed E-state index contributed by atoms with van der Waals surface area (Å²) in [4.78, 5) is 1.18. The molecule has 1 atom stereocenters. The van der Waals surface area contributed by atoms with Crippen molar-refractivity contribution in [1.82, 2.24) is 0 Å². The zero-order valence-corrected chi connectivity index (χ0v) is 12.0. The molecule has 0 bridgehead atoms. The van der Waals surface area contributed by atoms with Crippen LogP contribution in [0.1, 0.15) is 22.1 Å². The molecule has 0 saturated carbocycles. The van der Waals surface area contributed by atoms with E-state index in [-0.39, 0.29) is 6.10 Å². The molecule has 1 unspecified atom stereocenters. The minimum absolute atomic E-state index is 0.109. The predicted octanol–water partition coefficient (Wildman–Crippen LogP) is 4.10. The third kappa shape index (κ3) is 2.86. The Morgan fingerprint density at radius 1 is 1.28 bits per heavy atom. The van der Waals surface area contributed by atoms with Gasteiger partial charge in [0.05, 0.1) is 0 Å². The van der Waals surface area contributed by atoms with E-state index in [0.29, 0.717) is 11.6 Å². The van der Waals surface area contributed by atoms with Crippen LogP contribution in [0, 0.1) is 13.8 Å². The Balaban J connectivity index is 2.26. The van der Waals surface area contributed by atoms with Crippen LogP contribution in [0.15, 0.2) is 29.6 Å². The van der Waals surface area contributed by atoms with E-state index in [2.05, 4.69) is 18.4 Å². The summed E-state index contributed by atoms with van der Waals surface area (Å²) in [5, 5.41) is 2.73. The molecule has 2 aromatic rings. The summed E-state index contributed by atoms with van der Waals surface area (Å²) >= 11 is 7.66. The van der Waals surface area contributed by atoms with Crippen LogP contribution >= 0.6 is 22.9 Å². The van der Waals surface area contributed by atoms with Crippen LogP contribution in [0.2, 0.25) is 5.02 Å². The van der Waals surface area contributed by atoms with Gasteiger partial charge in [0.1, 0.15) is 11.9 Å². The number of halogens is 1. The van der Waals surface area contributed by atoms with Gasteiger partial charge in [-0.3, -0.25) is 0 Å². The maximum absolute atomic E-state index is 6.00. The van der Waals surface area contributed by atoms with Gasteiger partial charge in [-0.25, -0.2) is 0 Å². The summed E-state index contributed by atoms with van der Waals surface area (Å²) < 4.78 is 6.00. The van der Waals surface area contributed by atoms with E-state index < -0.39 is 0 Å². The van der Waals surface area contributed by atoms with Gasteiger partial charge in [0.25, 0.3) is 0 Å². The third-order valence-corrected chi connectivity index (χ3v) is 4.17. The van der Waals surface area contributed by atoms with E-state index in [0.717, 1.165) is 11.3 Å². The molecule has 2 nitrogen and oxygen atoms in total. The number of aryl methyl sites for hydroxylation is 2. The van der Waals surface area contributed by atoms with Crippen molar-refractivity contribution in [3.05, 3.63) is 50.7 Å². The van der Waals surface area contributed by atoms with E-state index in [1.54, 1.807) is 11.3 Å². The second-order valence-electron chi connectivity index (χ2n) is 4.22. The van der Waals surface area contributed by atoms with Gasteiger partial charge in [-0.1, -0.05) is 17.7 Å². The Bertz CT molecular complexity index is 538. The van der Waals surface area contributed by atoms with Gasteiger partial charge in [0.15, 0.2) is 0 Å². The van der Waals surface area contributed by atoms with Crippen LogP contribution in [-0.2, 0) is 0 Å². The third-order valence-electron chi connectivity index (χ3n) is 2.83. The molecule has 0 aliphatic rings. The Morgan fingerprint density at radius 2 is 2.06 bits per heavy atom. The van der Waals surface area contributed by atoms with Crippen molar-refractivity contribution in [3.63, 3.8) is 0 Å². The first kappa shape index (κ1) is 13.4. The number of hydrogen-bond acceptors (Lipinski definition) is 3. The number of nitrogens with two attached hydrogens (primary N) is 1. The number of hydrogen-bond donors (Lipinski definition) is 1. The normalized spacial score (nSPS) is 12.4. The fourth-order valence-electron chi connectivity index (χ4n) is 1.78. The van der Waals surface area contributed by atoms with Crippen molar-refractivity contribution in [2.24, 2.45) is 5.73 Å². The van der Waals surface area contributed by atoms with E-state index in [9.17, 15) is 0 Å². The molecule has 2 N–H and O–H groups in total. The maximum Gasteiger partial charge on any atom is 0.145 e. The molecule has 0 fully saturated rings. The van der Waals surface area contributed by atoms with Crippen LogP contribution < -0.4 is 10.5 Å². The highest BCUT2D eigenvalue weighted by molar-refractivity contribution is 7.10. The lowest BCUT2D eigenvalue weighted by Crippen LogP contribution is -2.18. The van der Waals surface area contributed by atoms with Crippen LogP contribution in [0.5, 0.6) is 5.75 Å². The summed E-state index contributed by atoms with van der Waals surface area (Å²) in [5.41, 5.74) is 8.10. The summed E-state index contributed by atoms with van der Waals surface area (Å²) in [6.07, 6.45) is -0.109. The molecule has 1 heterocycles. The predicted molar refractivity (Wildman–Crippen MR) is 77.7 cm³/mol. The maximum atomic E-state index is 6.00. The summed E-state index contributed by atoms with van der Waals surface area (Å²) in [6.45, 7) is 4.52. The quantitative estimate of drug-likeness (QED) is 0.916. The Kier molecular flexibility index (Phi) is 4.27. The molecule has 1 aromatic heterocycles. The number of thiophene rings is 1. The first-order valence-corrected chi connectivity index (χ1v) is 7.04. The van der Waals surface area contributed by atoms with Crippen LogP contribution in [0.3, 0.4) is 0 Å². The molecular formula is C14H16ClNOS. The van der Waals surface area contributed by atoms with Gasteiger partial charge >= 0.3 is 0 Å².